The summed E-state index contributed by atoms with van der Waals surface area (Å²) in [6.07, 6.45) is 5.39. The highest BCUT2D eigenvalue weighted by molar-refractivity contribution is 6.29. The summed E-state index contributed by atoms with van der Waals surface area (Å²) in [6, 6.07) is 1.74. The molecule has 1 aromatic heterocycles. The van der Waals surface area contributed by atoms with Gasteiger partial charge < -0.3 is 14.4 Å². The van der Waals surface area contributed by atoms with Crippen molar-refractivity contribution in [2.45, 2.75) is 0 Å². The van der Waals surface area contributed by atoms with Crippen molar-refractivity contribution >= 4 is 17.7 Å². The molecule has 0 aliphatic carbocycles. The number of halogens is 1. The molecule has 0 aliphatic heterocycles. The first-order chi connectivity index (χ1) is 7.63. The van der Waals surface area contributed by atoms with Gasteiger partial charge in [0.15, 0.2) is 6.79 Å². The third kappa shape index (κ3) is 4.08. The van der Waals surface area contributed by atoms with E-state index in [0.29, 0.717) is 10.9 Å². The minimum atomic E-state index is 0.187. The molecule has 0 amide bonds. The van der Waals surface area contributed by atoms with Gasteiger partial charge in [0.25, 0.3) is 0 Å². The van der Waals surface area contributed by atoms with Crippen molar-refractivity contribution in [1.29, 1.82) is 0 Å². The molecule has 0 saturated heterocycles. The number of ether oxygens (including phenoxy) is 2. The maximum absolute atomic E-state index is 5.82. The van der Waals surface area contributed by atoms with E-state index in [1.807, 2.05) is 31.3 Å². The fourth-order valence-corrected chi connectivity index (χ4v) is 1.20. The molecule has 0 spiro atoms. The molecule has 4 nitrogen and oxygen atoms in total. The highest BCUT2D eigenvalue weighted by Crippen LogP contribution is 2.22. The van der Waals surface area contributed by atoms with Gasteiger partial charge in [-0.2, -0.15) is 0 Å². The largest absolute Gasteiger partial charge is 0.465 e. The van der Waals surface area contributed by atoms with Crippen LogP contribution in [0.2, 0.25) is 5.15 Å². The Kier molecular flexibility index (Phi) is 5.08. The number of aromatic nitrogens is 1. The van der Waals surface area contributed by atoms with Crippen molar-refractivity contribution in [1.82, 2.24) is 9.88 Å². The smallest absolute Gasteiger partial charge is 0.188 e. The molecule has 0 aliphatic rings. The molecule has 1 aromatic rings. The first-order valence-corrected chi connectivity index (χ1v) is 5.13. The van der Waals surface area contributed by atoms with Crippen LogP contribution in [0, 0.1) is 0 Å². The van der Waals surface area contributed by atoms with Gasteiger partial charge in [-0.15, -0.1) is 0 Å². The van der Waals surface area contributed by atoms with Crippen LogP contribution in [0.1, 0.15) is 5.56 Å². The fraction of sp³-hybridized carbons (Fsp3) is 0.364. The van der Waals surface area contributed by atoms with Crippen molar-refractivity contribution in [3.63, 3.8) is 0 Å². The summed E-state index contributed by atoms with van der Waals surface area (Å²) in [5.74, 6) is 0.643. The molecular formula is C11H15ClN2O2. The van der Waals surface area contributed by atoms with Crippen molar-refractivity contribution in [2.75, 3.05) is 28.0 Å². The quantitative estimate of drug-likeness (QED) is 0.586. The lowest BCUT2D eigenvalue weighted by Crippen LogP contribution is -2.02. The molecule has 88 valence electrons. The van der Waals surface area contributed by atoms with E-state index in [1.54, 1.807) is 19.4 Å². The summed E-state index contributed by atoms with van der Waals surface area (Å²) in [7, 11) is 5.45. The Hall–Kier alpha value is -1.26. The molecular weight excluding hydrogens is 228 g/mol. The Morgan fingerprint density at radius 3 is 2.88 bits per heavy atom. The van der Waals surface area contributed by atoms with Gasteiger partial charge in [0.05, 0.1) is 6.20 Å². The molecule has 1 rings (SSSR count). The van der Waals surface area contributed by atoms with Crippen LogP contribution in [0.25, 0.3) is 6.08 Å². The second-order valence-electron chi connectivity index (χ2n) is 3.38. The van der Waals surface area contributed by atoms with E-state index < -0.39 is 0 Å². The van der Waals surface area contributed by atoms with Crippen molar-refractivity contribution in [3.8, 4) is 5.75 Å². The van der Waals surface area contributed by atoms with Crippen LogP contribution >= 0.6 is 11.6 Å². The van der Waals surface area contributed by atoms with Gasteiger partial charge in [-0.05, 0) is 18.3 Å². The SMILES string of the molecule is COCOc1cnc(Cl)cc1C=CN(C)C. The third-order valence-corrected chi connectivity index (χ3v) is 1.96. The van der Waals surface area contributed by atoms with Gasteiger partial charge in [-0.25, -0.2) is 4.98 Å². The summed E-state index contributed by atoms with van der Waals surface area (Å²) in [6.45, 7) is 0.187. The van der Waals surface area contributed by atoms with Crippen LogP contribution in [0.4, 0.5) is 0 Å². The van der Waals surface area contributed by atoms with E-state index >= 15 is 0 Å². The highest BCUT2D eigenvalue weighted by Gasteiger charge is 2.02. The average molecular weight is 243 g/mol. The molecule has 0 radical (unpaired) electrons. The van der Waals surface area contributed by atoms with Gasteiger partial charge in [-0.3, -0.25) is 0 Å². The van der Waals surface area contributed by atoms with Gasteiger partial charge in [-0.1, -0.05) is 11.6 Å². The summed E-state index contributed by atoms with van der Waals surface area (Å²) in [5.41, 5.74) is 0.866. The molecule has 1 heterocycles. The van der Waals surface area contributed by atoms with E-state index in [1.165, 1.54) is 0 Å². The van der Waals surface area contributed by atoms with Crippen molar-refractivity contribution in [3.05, 3.63) is 29.2 Å². The molecule has 16 heavy (non-hydrogen) atoms. The maximum atomic E-state index is 5.82. The van der Waals surface area contributed by atoms with Crippen LogP contribution in [0.3, 0.4) is 0 Å². The van der Waals surface area contributed by atoms with Crippen molar-refractivity contribution < 1.29 is 9.47 Å². The zero-order chi connectivity index (χ0) is 12.0. The average Bonchev–Trinajstić information content (AvgIpc) is 2.25. The molecule has 0 N–H and O–H groups in total. The standard InChI is InChI=1S/C11H15ClN2O2/c1-14(2)5-4-9-6-11(12)13-7-10(9)16-8-15-3/h4-7H,8H2,1-3H3. The topological polar surface area (TPSA) is 34.6 Å². The Morgan fingerprint density at radius 1 is 1.50 bits per heavy atom. The first-order valence-electron chi connectivity index (χ1n) is 4.75. The number of hydrogen-bond acceptors (Lipinski definition) is 4. The minimum Gasteiger partial charge on any atom is -0.465 e. The van der Waals surface area contributed by atoms with E-state index in [-0.39, 0.29) is 6.79 Å². The zero-order valence-electron chi connectivity index (χ0n) is 9.61. The highest BCUT2D eigenvalue weighted by atomic mass is 35.5. The van der Waals surface area contributed by atoms with Gasteiger partial charge >= 0.3 is 0 Å². The second-order valence-corrected chi connectivity index (χ2v) is 3.76. The van der Waals surface area contributed by atoms with Crippen LogP contribution in [-0.4, -0.2) is 37.9 Å². The van der Waals surface area contributed by atoms with Crippen LogP contribution in [0.5, 0.6) is 5.75 Å². The number of hydrogen-bond donors (Lipinski definition) is 0. The minimum absolute atomic E-state index is 0.187. The molecule has 0 bridgehead atoms. The van der Waals surface area contributed by atoms with Gasteiger partial charge in [0.2, 0.25) is 0 Å². The predicted octanol–water partition coefficient (Wildman–Crippen LogP) is 2.25. The Bertz CT molecular complexity index is 367. The van der Waals surface area contributed by atoms with Crippen molar-refractivity contribution in [2.24, 2.45) is 0 Å². The van der Waals surface area contributed by atoms with Crippen LogP contribution in [-0.2, 0) is 4.74 Å². The Labute approximate surface area is 100 Å². The molecule has 0 unspecified atom stereocenters. The second kappa shape index (κ2) is 6.35. The van der Waals surface area contributed by atoms with E-state index in [4.69, 9.17) is 21.1 Å². The van der Waals surface area contributed by atoms with E-state index in [0.717, 1.165) is 5.56 Å². The summed E-state index contributed by atoms with van der Waals surface area (Å²) in [5, 5.41) is 0.433. The number of methoxy groups -OCH3 is 1. The Morgan fingerprint density at radius 2 is 2.25 bits per heavy atom. The number of pyridine rings is 1. The molecule has 0 fully saturated rings. The lowest BCUT2D eigenvalue weighted by Gasteiger charge is -2.09. The predicted molar refractivity (Wildman–Crippen MR) is 64.5 cm³/mol. The van der Waals surface area contributed by atoms with Gasteiger partial charge in [0.1, 0.15) is 10.9 Å². The monoisotopic (exact) mass is 242 g/mol. The maximum Gasteiger partial charge on any atom is 0.188 e. The fourth-order valence-electron chi connectivity index (χ4n) is 1.03. The van der Waals surface area contributed by atoms with E-state index in [2.05, 4.69) is 4.98 Å². The van der Waals surface area contributed by atoms with Crippen LogP contribution in [0.15, 0.2) is 18.5 Å². The first kappa shape index (κ1) is 12.8. The zero-order valence-corrected chi connectivity index (χ0v) is 10.4. The van der Waals surface area contributed by atoms with Crippen LogP contribution < -0.4 is 4.74 Å². The molecule has 0 atom stereocenters. The lowest BCUT2D eigenvalue weighted by molar-refractivity contribution is 0.0507. The molecule has 0 aromatic carbocycles. The van der Waals surface area contributed by atoms with E-state index in [9.17, 15) is 0 Å². The number of rotatable bonds is 5. The van der Waals surface area contributed by atoms with Gasteiger partial charge in [0, 0.05) is 26.8 Å². The summed E-state index contributed by atoms with van der Waals surface area (Å²) < 4.78 is 10.2. The molecule has 5 heteroatoms. The Balaban J connectivity index is 2.89. The normalized spacial score (nSPS) is 10.8. The number of nitrogens with zero attached hydrogens (tertiary/aromatic N) is 2. The lowest BCUT2D eigenvalue weighted by atomic mass is 10.2. The summed E-state index contributed by atoms with van der Waals surface area (Å²) in [4.78, 5) is 5.88. The summed E-state index contributed by atoms with van der Waals surface area (Å²) >= 11 is 5.82. The molecule has 0 saturated carbocycles. The third-order valence-electron chi connectivity index (χ3n) is 1.75.